The van der Waals surface area contributed by atoms with Crippen LogP contribution in [0.4, 0.5) is 0 Å². The predicted octanol–water partition coefficient (Wildman–Crippen LogP) is 1.86. The zero-order chi connectivity index (χ0) is 20.8. The van der Waals surface area contributed by atoms with Gasteiger partial charge >= 0.3 is 0 Å². The van der Waals surface area contributed by atoms with Crippen LogP contribution in [0.25, 0.3) is 0 Å². The topological polar surface area (TPSA) is 107 Å². The van der Waals surface area contributed by atoms with Crippen molar-refractivity contribution in [3.8, 4) is 0 Å². The second-order valence-corrected chi connectivity index (χ2v) is 9.07. The zero-order valence-electron chi connectivity index (χ0n) is 15.8. The normalized spacial score (nSPS) is 11.8. The molecule has 2 aromatic heterocycles. The van der Waals surface area contributed by atoms with Crippen molar-refractivity contribution in [2.24, 2.45) is 7.05 Å². The van der Waals surface area contributed by atoms with Gasteiger partial charge in [0.1, 0.15) is 5.56 Å². The van der Waals surface area contributed by atoms with E-state index in [1.165, 1.54) is 34.7 Å². The van der Waals surface area contributed by atoms with Crippen LogP contribution in [-0.4, -0.2) is 40.0 Å². The molecule has 0 fully saturated rings. The van der Waals surface area contributed by atoms with Crippen LogP contribution in [-0.2, 0) is 23.4 Å². The molecule has 0 aliphatic carbocycles. The van der Waals surface area contributed by atoms with E-state index >= 15 is 0 Å². The highest BCUT2D eigenvalue weighted by molar-refractivity contribution is 7.90. The number of aryl methyl sites for hydroxylation is 2. The molecule has 0 atom stereocenters. The van der Waals surface area contributed by atoms with Gasteiger partial charge in [0.25, 0.3) is 5.56 Å². The number of nitrogens with one attached hydrogen (secondary N) is 1. The number of ketones is 1. The Kier molecular flexibility index (Phi) is 5.07. The Morgan fingerprint density at radius 3 is 2.46 bits per heavy atom. The molecular formula is C18H19ClN4O4S. The van der Waals surface area contributed by atoms with E-state index in [1.807, 2.05) is 0 Å². The number of H-pyrrole nitrogens is 1. The molecule has 0 saturated carbocycles. The van der Waals surface area contributed by atoms with Crippen molar-refractivity contribution < 1.29 is 13.2 Å². The second-order valence-electron chi connectivity index (χ2n) is 6.65. The maximum Gasteiger partial charge on any atom is 0.277 e. The summed E-state index contributed by atoms with van der Waals surface area (Å²) in [6, 6.07) is 2.84. The average Bonchev–Trinajstić information content (AvgIpc) is 3.10. The van der Waals surface area contributed by atoms with Crippen LogP contribution in [0.15, 0.2) is 34.2 Å². The molecular weight excluding hydrogens is 404 g/mol. The minimum Gasteiger partial charge on any atom is -0.299 e. The van der Waals surface area contributed by atoms with E-state index in [4.69, 9.17) is 11.6 Å². The van der Waals surface area contributed by atoms with Gasteiger partial charge in [-0.25, -0.2) is 8.42 Å². The number of nitrogens with zero attached hydrogens (tertiary/aromatic N) is 3. The number of aromatic nitrogens is 4. The van der Waals surface area contributed by atoms with Gasteiger partial charge in [-0.05, 0) is 37.1 Å². The Balaban J connectivity index is 2.20. The lowest BCUT2D eigenvalue weighted by molar-refractivity contribution is 0.103. The predicted molar refractivity (Wildman–Crippen MR) is 105 cm³/mol. The first-order chi connectivity index (χ1) is 13.0. The first kappa shape index (κ1) is 20.1. The third-order valence-corrected chi connectivity index (χ3v) is 5.95. The van der Waals surface area contributed by atoms with Gasteiger partial charge in [-0.1, -0.05) is 11.6 Å². The quantitative estimate of drug-likeness (QED) is 0.631. The van der Waals surface area contributed by atoms with Crippen LogP contribution in [0.1, 0.15) is 32.7 Å². The summed E-state index contributed by atoms with van der Waals surface area (Å²) >= 11 is 5.90. The van der Waals surface area contributed by atoms with Gasteiger partial charge in [0.15, 0.2) is 9.84 Å². The molecule has 0 amide bonds. The number of carbonyl (C=O) groups is 1. The molecule has 10 heteroatoms. The third-order valence-electron chi connectivity index (χ3n) is 4.58. The van der Waals surface area contributed by atoms with Crippen molar-refractivity contribution in [1.29, 1.82) is 0 Å². The van der Waals surface area contributed by atoms with Gasteiger partial charge in [-0.3, -0.25) is 24.1 Å². The van der Waals surface area contributed by atoms with E-state index in [0.717, 1.165) is 6.26 Å². The highest BCUT2D eigenvalue weighted by atomic mass is 35.5. The largest absolute Gasteiger partial charge is 0.299 e. The van der Waals surface area contributed by atoms with E-state index in [0.29, 0.717) is 21.8 Å². The van der Waals surface area contributed by atoms with Gasteiger partial charge in [0.2, 0.25) is 5.78 Å². The van der Waals surface area contributed by atoms with Gasteiger partial charge in [0, 0.05) is 30.8 Å². The summed E-state index contributed by atoms with van der Waals surface area (Å²) in [5, 5.41) is 7.30. The van der Waals surface area contributed by atoms with Crippen molar-refractivity contribution in [2.75, 3.05) is 6.26 Å². The minimum atomic E-state index is -3.55. The Hall–Kier alpha value is -2.65. The highest BCUT2D eigenvalue weighted by Crippen LogP contribution is 2.26. The van der Waals surface area contributed by atoms with E-state index in [-0.39, 0.29) is 22.6 Å². The number of hydrogen-bond acceptors (Lipinski definition) is 5. The van der Waals surface area contributed by atoms with Crippen molar-refractivity contribution in [2.45, 2.75) is 25.3 Å². The highest BCUT2D eigenvalue weighted by Gasteiger charge is 2.25. The standard InChI is InChI=1S/C18H19ClN4O4S/c1-10-13(17(24)16-11(2)21-22(3)18(16)25)5-6-15(28(4,26)27)14(10)9-23-8-12(19)7-20-23/h5-8,21H,9H2,1-4H3. The van der Waals surface area contributed by atoms with Crippen LogP contribution >= 0.6 is 11.6 Å². The number of halogens is 1. The number of hydrogen-bond donors (Lipinski definition) is 1. The number of benzene rings is 1. The van der Waals surface area contributed by atoms with Crippen molar-refractivity contribution >= 4 is 27.2 Å². The fraction of sp³-hybridized carbons (Fsp3) is 0.278. The van der Waals surface area contributed by atoms with E-state index < -0.39 is 21.2 Å². The first-order valence-electron chi connectivity index (χ1n) is 8.31. The SMILES string of the molecule is Cc1[nH]n(C)c(=O)c1C(=O)c1ccc(S(C)(=O)=O)c(Cn2cc(Cl)cn2)c1C. The summed E-state index contributed by atoms with van der Waals surface area (Å²) in [6.07, 6.45) is 4.11. The zero-order valence-corrected chi connectivity index (χ0v) is 17.3. The summed E-state index contributed by atoms with van der Waals surface area (Å²) in [5.74, 6) is -0.461. The van der Waals surface area contributed by atoms with Crippen LogP contribution in [0, 0.1) is 13.8 Å². The van der Waals surface area contributed by atoms with Crippen LogP contribution in [0.3, 0.4) is 0 Å². The third kappa shape index (κ3) is 3.55. The Morgan fingerprint density at radius 1 is 1.29 bits per heavy atom. The van der Waals surface area contributed by atoms with E-state index in [2.05, 4.69) is 10.2 Å². The van der Waals surface area contributed by atoms with Gasteiger partial charge in [-0.2, -0.15) is 5.10 Å². The van der Waals surface area contributed by atoms with Crippen molar-refractivity contribution in [3.05, 3.63) is 67.9 Å². The summed E-state index contributed by atoms with van der Waals surface area (Å²) < 4.78 is 27.3. The molecule has 0 bridgehead atoms. The molecule has 3 rings (SSSR count). The molecule has 0 saturated heterocycles. The summed E-state index contributed by atoms with van der Waals surface area (Å²) in [6.45, 7) is 3.42. The molecule has 0 radical (unpaired) electrons. The molecule has 0 aliphatic rings. The molecule has 2 heterocycles. The summed E-state index contributed by atoms with van der Waals surface area (Å²) in [5.41, 5.74) is 1.21. The summed E-state index contributed by atoms with van der Waals surface area (Å²) in [4.78, 5) is 25.5. The molecule has 0 spiro atoms. The molecule has 1 aromatic carbocycles. The smallest absolute Gasteiger partial charge is 0.277 e. The lowest BCUT2D eigenvalue weighted by Gasteiger charge is -2.15. The van der Waals surface area contributed by atoms with Gasteiger partial charge in [0.05, 0.1) is 22.7 Å². The van der Waals surface area contributed by atoms with Crippen LogP contribution in [0.2, 0.25) is 5.02 Å². The second kappa shape index (κ2) is 7.06. The molecule has 148 valence electrons. The molecule has 0 unspecified atom stereocenters. The first-order valence-corrected chi connectivity index (χ1v) is 10.6. The molecule has 1 N–H and O–H groups in total. The number of rotatable bonds is 5. The summed E-state index contributed by atoms with van der Waals surface area (Å²) in [7, 11) is -2.02. The fourth-order valence-electron chi connectivity index (χ4n) is 3.20. The number of sulfone groups is 1. The van der Waals surface area contributed by atoms with E-state index in [9.17, 15) is 18.0 Å². The Morgan fingerprint density at radius 2 is 1.96 bits per heavy atom. The van der Waals surface area contributed by atoms with Crippen molar-refractivity contribution in [3.63, 3.8) is 0 Å². The van der Waals surface area contributed by atoms with E-state index in [1.54, 1.807) is 20.0 Å². The number of carbonyl (C=O) groups excluding carboxylic acids is 1. The fourth-order valence-corrected chi connectivity index (χ4v) is 4.33. The monoisotopic (exact) mass is 422 g/mol. The molecule has 0 aliphatic heterocycles. The van der Waals surface area contributed by atoms with Gasteiger partial charge < -0.3 is 0 Å². The Bertz CT molecular complexity index is 1250. The molecule has 28 heavy (non-hydrogen) atoms. The Labute approximate surface area is 166 Å². The lowest BCUT2D eigenvalue weighted by Crippen LogP contribution is -2.21. The lowest BCUT2D eigenvalue weighted by atomic mass is 9.95. The average molecular weight is 423 g/mol. The minimum absolute atomic E-state index is 0.0331. The van der Waals surface area contributed by atoms with Gasteiger partial charge in [-0.15, -0.1) is 0 Å². The molecule has 3 aromatic rings. The number of aromatic amines is 1. The maximum absolute atomic E-state index is 13.1. The van der Waals surface area contributed by atoms with Crippen LogP contribution in [0.5, 0.6) is 0 Å². The maximum atomic E-state index is 13.1. The molecule has 8 nitrogen and oxygen atoms in total. The van der Waals surface area contributed by atoms with Crippen LogP contribution < -0.4 is 5.56 Å². The van der Waals surface area contributed by atoms with Crippen molar-refractivity contribution in [1.82, 2.24) is 19.6 Å².